The second-order valence-electron chi connectivity index (χ2n) is 4.42. The Labute approximate surface area is 96.3 Å². The van der Waals surface area contributed by atoms with Crippen LogP contribution in [0, 0.1) is 5.41 Å². The summed E-state index contributed by atoms with van der Waals surface area (Å²) < 4.78 is 37.0. The first-order chi connectivity index (χ1) is 7.13. The second kappa shape index (κ2) is 4.20. The number of ketones is 1. The van der Waals surface area contributed by atoms with Crippen molar-refractivity contribution in [1.82, 2.24) is 0 Å². The van der Waals surface area contributed by atoms with Gasteiger partial charge >= 0.3 is 6.18 Å². The van der Waals surface area contributed by atoms with E-state index in [4.69, 9.17) is 0 Å². The fourth-order valence-electron chi connectivity index (χ4n) is 1.18. The van der Waals surface area contributed by atoms with Crippen LogP contribution in [-0.2, 0) is 17.4 Å². The third-order valence-electron chi connectivity index (χ3n) is 2.55. The molecule has 0 saturated carbocycles. The van der Waals surface area contributed by atoms with E-state index >= 15 is 0 Å². The van der Waals surface area contributed by atoms with Crippen molar-refractivity contribution in [2.75, 3.05) is 0 Å². The summed E-state index contributed by atoms with van der Waals surface area (Å²) in [5, 5.41) is 1.09. The molecule has 1 heterocycles. The summed E-state index contributed by atoms with van der Waals surface area (Å²) in [4.78, 5) is 11.8. The molecule has 0 aliphatic carbocycles. The monoisotopic (exact) mass is 250 g/mol. The van der Waals surface area contributed by atoms with Crippen LogP contribution in [0.5, 0.6) is 0 Å². The third kappa shape index (κ3) is 3.07. The standard InChI is InChI=1S/C11H13F3OS/c1-7(15)10(2,3)5-9-4-8(6-16-9)11(12,13)14/h4,6H,5H2,1-3H3. The Hall–Kier alpha value is -0.840. The summed E-state index contributed by atoms with van der Waals surface area (Å²) in [6.45, 7) is 4.93. The minimum atomic E-state index is -4.30. The number of thiophene rings is 1. The highest BCUT2D eigenvalue weighted by Gasteiger charge is 2.32. The molecule has 0 fully saturated rings. The van der Waals surface area contributed by atoms with E-state index in [9.17, 15) is 18.0 Å². The van der Waals surface area contributed by atoms with Gasteiger partial charge < -0.3 is 0 Å². The molecule has 16 heavy (non-hydrogen) atoms. The van der Waals surface area contributed by atoms with Gasteiger partial charge in [-0.05, 0) is 19.4 Å². The number of alkyl halides is 3. The van der Waals surface area contributed by atoms with Gasteiger partial charge in [0.1, 0.15) is 5.78 Å². The van der Waals surface area contributed by atoms with Crippen molar-refractivity contribution in [2.45, 2.75) is 33.4 Å². The Morgan fingerprint density at radius 3 is 2.31 bits per heavy atom. The molecule has 0 N–H and O–H groups in total. The molecule has 0 aromatic carbocycles. The lowest BCUT2D eigenvalue weighted by molar-refractivity contribution is -0.137. The lowest BCUT2D eigenvalue weighted by atomic mass is 9.85. The second-order valence-corrected chi connectivity index (χ2v) is 5.41. The number of carbonyl (C=O) groups is 1. The molecule has 0 aliphatic rings. The van der Waals surface area contributed by atoms with Gasteiger partial charge in [0.25, 0.3) is 0 Å². The number of rotatable bonds is 3. The molecule has 0 spiro atoms. The smallest absolute Gasteiger partial charge is 0.299 e. The molecule has 1 rings (SSSR count). The van der Waals surface area contributed by atoms with Crippen LogP contribution < -0.4 is 0 Å². The number of Topliss-reactive ketones (excluding diaryl/α,β-unsaturated/α-hetero) is 1. The van der Waals surface area contributed by atoms with Crippen LogP contribution in [0.15, 0.2) is 11.4 Å². The van der Waals surface area contributed by atoms with Crippen LogP contribution in [0.2, 0.25) is 0 Å². The van der Waals surface area contributed by atoms with Crippen molar-refractivity contribution >= 4 is 17.1 Å². The van der Waals surface area contributed by atoms with Crippen LogP contribution in [0.3, 0.4) is 0 Å². The average Bonchev–Trinajstić information content (AvgIpc) is 2.50. The van der Waals surface area contributed by atoms with Gasteiger partial charge in [0.2, 0.25) is 0 Å². The zero-order chi connectivity index (χ0) is 12.6. The number of carbonyl (C=O) groups excluding carboxylic acids is 1. The SMILES string of the molecule is CC(=O)C(C)(C)Cc1cc(C(F)(F)F)cs1. The molecular formula is C11H13F3OS. The highest BCUT2D eigenvalue weighted by molar-refractivity contribution is 7.10. The van der Waals surface area contributed by atoms with Crippen molar-refractivity contribution in [2.24, 2.45) is 5.41 Å². The molecule has 1 aromatic heterocycles. The molecule has 0 unspecified atom stereocenters. The van der Waals surface area contributed by atoms with Gasteiger partial charge in [-0.15, -0.1) is 11.3 Å². The molecule has 0 atom stereocenters. The van der Waals surface area contributed by atoms with Gasteiger partial charge in [0.05, 0.1) is 5.56 Å². The maximum atomic E-state index is 12.3. The van der Waals surface area contributed by atoms with E-state index in [1.165, 1.54) is 6.92 Å². The van der Waals surface area contributed by atoms with E-state index in [0.29, 0.717) is 11.3 Å². The highest BCUT2D eigenvalue weighted by Crippen LogP contribution is 2.34. The van der Waals surface area contributed by atoms with Crippen LogP contribution in [0.1, 0.15) is 31.2 Å². The molecule has 0 amide bonds. The topological polar surface area (TPSA) is 17.1 Å². The molecule has 90 valence electrons. The maximum absolute atomic E-state index is 12.3. The Balaban J connectivity index is 2.85. The van der Waals surface area contributed by atoms with E-state index in [0.717, 1.165) is 22.8 Å². The molecule has 0 radical (unpaired) electrons. The first-order valence-corrected chi connectivity index (χ1v) is 5.66. The molecular weight excluding hydrogens is 237 g/mol. The minimum Gasteiger partial charge on any atom is -0.299 e. The van der Waals surface area contributed by atoms with Crippen LogP contribution in [-0.4, -0.2) is 5.78 Å². The highest BCUT2D eigenvalue weighted by atomic mass is 32.1. The van der Waals surface area contributed by atoms with Crippen LogP contribution in [0.25, 0.3) is 0 Å². The zero-order valence-electron chi connectivity index (χ0n) is 9.31. The summed E-state index contributed by atoms with van der Waals surface area (Å²) in [5.41, 5.74) is -1.24. The van der Waals surface area contributed by atoms with Gasteiger partial charge in [0.15, 0.2) is 0 Å². The van der Waals surface area contributed by atoms with Gasteiger partial charge in [-0.1, -0.05) is 13.8 Å². The normalized spacial score (nSPS) is 12.9. The molecule has 0 saturated heterocycles. The third-order valence-corrected chi connectivity index (χ3v) is 3.49. The van der Waals surface area contributed by atoms with Gasteiger partial charge in [-0.2, -0.15) is 13.2 Å². The van der Waals surface area contributed by atoms with Crippen LogP contribution in [0.4, 0.5) is 13.2 Å². The summed E-state index contributed by atoms with van der Waals surface area (Å²) in [6.07, 6.45) is -3.95. The molecule has 0 aliphatic heterocycles. The zero-order valence-corrected chi connectivity index (χ0v) is 10.1. The van der Waals surface area contributed by atoms with Crippen molar-refractivity contribution < 1.29 is 18.0 Å². The van der Waals surface area contributed by atoms with Gasteiger partial charge in [-0.25, -0.2) is 0 Å². The predicted molar refractivity (Wildman–Crippen MR) is 57.5 cm³/mol. The summed E-state index contributed by atoms with van der Waals surface area (Å²) in [7, 11) is 0. The summed E-state index contributed by atoms with van der Waals surface area (Å²) in [5.74, 6) is -0.0190. The van der Waals surface area contributed by atoms with E-state index in [2.05, 4.69) is 0 Å². The summed E-state index contributed by atoms with van der Waals surface area (Å²) in [6, 6.07) is 1.12. The average molecular weight is 250 g/mol. The van der Waals surface area contributed by atoms with Gasteiger partial charge in [-0.3, -0.25) is 4.79 Å². The quantitative estimate of drug-likeness (QED) is 0.794. The fraction of sp³-hybridized carbons (Fsp3) is 0.545. The fourth-order valence-corrected chi connectivity index (χ4v) is 2.30. The van der Waals surface area contributed by atoms with E-state index in [1.54, 1.807) is 13.8 Å². The number of hydrogen-bond acceptors (Lipinski definition) is 2. The lowest BCUT2D eigenvalue weighted by Gasteiger charge is -2.19. The predicted octanol–water partition coefficient (Wildman–Crippen LogP) is 3.92. The van der Waals surface area contributed by atoms with Crippen molar-refractivity contribution in [3.8, 4) is 0 Å². The largest absolute Gasteiger partial charge is 0.417 e. The Bertz CT molecular complexity index is 390. The molecule has 1 aromatic rings. The summed E-state index contributed by atoms with van der Waals surface area (Å²) >= 11 is 1.05. The van der Waals surface area contributed by atoms with Crippen molar-refractivity contribution in [3.63, 3.8) is 0 Å². The Morgan fingerprint density at radius 2 is 1.94 bits per heavy atom. The molecule has 0 bridgehead atoms. The molecule has 5 heteroatoms. The van der Waals surface area contributed by atoms with E-state index in [1.807, 2.05) is 0 Å². The lowest BCUT2D eigenvalue weighted by Crippen LogP contribution is -2.23. The first kappa shape index (κ1) is 13.2. The number of hydrogen-bond donors (Lipinski definition) is 0. The Morgan fingerprint density at radius 1 is 1.38 bits per heavy atom. The Kier molecular flexibility index (Phi) is 3.47. The minimum absolute atomic E-state index is 0.0190. The van der Waals surface area contributed by atoms with Crippen molar-refractivity contribution in [3.05, 3.63) is 21.9 Å². The van der Waals surface area contributed by atoms with Gasteiger partial charge in [0, 0.05) is 15.7 Å². The van der Waals surface area contributed by atoms with E-state index in [-0.39, 0.29) is 5.78 Å². The maximum Gasteiger partial charge on any atom is 0.417 e. The van der Waals surface area contributed by atoms with Crippen LogP contribution >= 0.6 is 11.3 Å². The first-order valence-electron chi connectivity index (χ1n) is 4.78. The molecule has 1 nitrogen and oxygen atoms in total. The van der Waals surface area contributed by atoms with E-state index < -0.39 is 17.2 Å². The van der Waals surface area contributed by atoms with Crippen molar-refractivity contribution in [1.29, 1.82) is 0 Å². The number of halogens is 3.